The van der Waals surface area contributed by atoms with Crippen LogP contribution in [-0.4, -0.2) is 9.97 Å². The van der Waals surface area contributed by atoms with Gasteiger partial charge in [0.2, 0.25) is 0 Å². The zero-order chi connectivity index (χ0) is 10.8. The molecule has 0 radical (unpaired) electrons. The van der Waals surface area contributed by atoms with Crippen LogP contribution in [0.15, 0.2) is 30.6 Å². The minimum Gasteiger partial charge on any atom is -0.347 e. The molecular weight excluding hydrogens is 217 g/mol. The Hall–Kier alpha value is -1.39. The van der Waals surface area contributed by atoms with E-state index in [2.05, 4.69) is 9.97 Å². The van der Waals surface area contributed by atoms with Crippen LogP contribution in [0.5, 0.6) is 0 Å². The second-order valence-electron chi connectivity index (χ2n) is 3.12. The first-order chi connectivity index (χ1) is 7.18. The molecule has 0 aliphatic rings. The van der Waals surface area contributed by atoms with Crippen LogP contribution < -0.4 is 5.73 Å². The molecule has 0 bridgehead atoms. The smallest absolute Gasteiger partial charge is 0.129 e. The quantitative estimate of drug-likeness (QED) is 0.824. The van der Waals surface area contributed by atoms with Gasteiger partial charge in [0.1, 0.15) is 11.6 Å². The van der Waals surface area contributed by atoms with Crippen molar-refractivity contribution >= 4 is 11.6 Å². The van der Waals surface area contributed by atoms with Crippen LogP contribution in [0, 0.1) is 5.82 Å². The molecular formula is C10H9ClFN3. The van der Waals surface area contributed by atoms with Crippen LogP contribution in [0.4, 0.5) is 4.39 Å². The van der Waals surface area contributed by atoms with Crippen molar-refractivity contribution in [2.24, 2.45) is 5.73 Å². The molecule has 0 saturated heterocycles. The molecule has 3 nitrogen and oxygen atoms in total. The molecule has 0 fully saturated rings. The Kier molecular flexibility index (Phi) is 2.70. The van der Waals surface area contributed by atoms with Gasteiger partial charge in [0.15, 0.2) is 0 Å². The summed E-state index contributed by atoms with van der Waals surface area (Å²) in [5.41, 5.74) is 6.20. The molecule has 0 spiro atoms. The van der Waals surface area contributed by atoms with E-state index in [-0.39, 0.29) is 0 Å². The average Bonchev–Trinajstić information content (AvgIpc) is 2.69. The average molecular weight is 226 g/mol. The van der Waals surface area contributed by atoms with E-state index in [0.29, 0.717) is 16.4 Å². The topological polar surface area (TPSA) is 54.7 Å². The molecule has 3 N–H and O–H groups in total. The van der Waals surface area contributed by atoms with Gasteiger partial charge in [-0.3, -0.25) is 0 Å². The van der Waals surface area contributed by atoms with Crippen LogP contribution in [0.3, 0.4) is 0 Å². The highest BCUT2D eigenvalue weighted by atomic mass is 35.5. The normalized spacial score (nSPS) is 12.7. The maximum absolute atomic E-state index is 13.5. The minimum atomic E-state index is -0.600. The van der Waals surface area contributed by atoms with Crippen molar-refractivity contribution in [3.8, 4) is 0 Å². The molecule has 0 aliphatic carbocycles. The van der Waals surface area contributed by atoms with E-state index in [1.807, 2.05) is 0 Å². The molecule has 1 atom stereocenters. The van der Waals surface area contributed by atoms with E-state index >= 15 is 0 Å². The van der Waals surface area contributed by atoms with E-state index < -0.39 is 11.9 Å². The zero-order valence-electron chi connectivity index (χ0n) is 7.74. The summed E-state index contributed by atoms with van der Waals surface area (Å²) < 4.78 is 13.5. The van der Waals surface area contributed by atoms with Crippen LogP contribution in [-0.2, 0) is 0 Å². The highest BCUT2D eigenvalue weighted by molar-refractivity contribution is 6.30. The highest BCUT2D eigenvalue weighted by Crippen LogP contribution is 2.22. The summed E-state index contributed by atoms with van der Waals surface area (Å²) in [4.78, 5) is 6.82. The number of nitrogens with zero attached hydrogens (tertiary/aromatic N) is 1. The van der Waals surface area contributed by atoms with Crippen molar-refractivity contribution < 1.29 is 4.39 Å². The molecule has 5 heteroatoms. The summed E-state index contributed by atoms with van der Waals surface area (Å²) in [5.74, 6) is 0.0997. The number of H-pyrrole nitrogens is 1. The highest BCUT2D eigenvalue weighted by Gasteiger charge is 2.15. The lowest BCUT2D eigenvalue weighted by Gasteiger charge is -2.10. The first kappa shape index (κ1) is 10.1. The maximum atomic E-state index is 13.5. The number of benzene rings is 1. The number of nitrogens with one attached hydrogen (secondary N) is 1. The fourth-order valence-electron chi connectivity index (χ4n) is 1.35. The fraction of sp³-hybridized carbons (Fsp3) is 0.100. The summed E-state index contributed by atoms with van der Waals surface area (Å²) in [6.45, 7) is 0. The standard InChI is InChI=1S/C10H9ClFN3/c11-6-1-2-7(8(12)5-6)9(13)10-14-3-4-15-10/h1-5,9H,13H2,(H,14,15). The van der Waals surface area contributed by atoms with E-state index in [9.17, 15) is 4.39 Å². The summed E-state index contributed by atoms with van der Waals surface area (Å²) in [6, 6.07) is 3.80. The van der Waals surface area contributed by atoms with Gasteiger partial charge in [0, 0.05) is 23.0 Å². The lowest BCUT2D eigenvalue weighted by molar-refractivity contribution is 0.595. The Bertz CT molecular complexity index is 456. The lowest BCUT2D eigenvalue weighted by Crippen LogP contribution is -2.15. The van der Waals surface area contributed by atoms with Crippen molar-refractivity contribution in [1.82, 2.24) is 9.97 Å². The Labute approximate surface area is 91.1 Å². The first-order valence-corrected chi connectivity index (χ1v) is 4.76. The van der Waals surface area contributed by atoms with Gasteiger partial charge >= 0.3 is 0 Å². The summed E-state index contributed by atoms with van der Waals surface area (Å²) >= 11 is 5.64. The minimum absolute atomic E-state index is 0.350. The third-order valence-corrected chi connectivity index (χ3v) is 2.35. The number of aromatic nitrogens is 2. The van der Waals surface area contributed by atoms with Crippen LogP contribution >= 0.6 is 11.6 Å². The van der Waals surface area contributed by atoms with Gasteiger partial charge in [-0.2, -0.15) is 0 Å². The molecule has 0 amide bonds. The van der Waals surface area contributed by atoms with Gasteiger partial charge in [-0.05, 0) is 12.1 Å². The van der Waals surface area contributed by atoms with Crippen LogP contribution in [0.2, 0.25) is 5.02 Å². The number of nitrogens with two attached hydrogens (primary N) is 1. The number of hydrogen-bond donors (Lipinski definition) is 2. The lowest BCUT2D eigenvalue weighted by atomic mass is 10.1. The predicted molar refractivity (Wildman–Crippen MR) is 56.0 cm³/mol. The molecule has 0 saturated carbocycles. The summed E-state index contributed by atoms with van der Waals surface area (Å²) in [7, 11) is 0. The largest absolute Gasteiger partial charge is 0.347 e. The third-order valence-electron chi connectivity index (χ3n) is 2.11. The van der Waals surface area contributed by atoms with Gasteiger partial charge in [0.25, 0.3) is 0 Å². The number of imidazole rings is 1. The molecule has 1 aromatic heterocycles. The maximum Gasteiger partial charge on any atom is 0.129 e. The van der Waals surface area contributed by atoms with Crippen molar-refractivity contribution in [3.05, 3.63) is 52.8 Å². The van der Waals surface area contributed by atoms with Gasteiger partial charge in [-0.1, -0.05) is 17.7 Å². The molecule has 1 heterocycles. The van der Waals surface area contributed by atoms with E-state index in [0.717, 1.165) is 0 Å². The van der Waals surface area contributed by atoms with Crippen molar-refractivity contribution in [1.29, 1.82) is 0 Å². The Morgan fingerprint density at radius 3 is 2.87 bits per heavy atom. The second kappa shape index (κ2) is 4.00. The van der Waals surface area contributed by atoms with Crippen LogP contribution in [0.25, 0.3) is 0 Å². The predicted octanol–water partition coefficient (Wildman–Crippen LogP) is 2.25. The Balaban J connectivity index is 2.38. The third kappa shape index (κ3) is 2.00. The molecule has 1 aromatic carbocycles. The first-order valence-electron chi connectivity index (χ1n) is 4.38. The van der Waals surface area contributed by atoms with Gasteiger partial charge in [-0.15, -0.1) is 0 Å². The second-order valence-corrected chi connectivity index (χ2v) is 3.55. The van der Waals surface area contributed by atoms with E-state index in [1.165, 1.54) is 6.07 Å². The van der Waals surface area contributed by atoms with Crippen molar-refractivity contribution in [2.75, 3.05) is 0 Å². The molecule has 1 unspecified atom stereocenters. The molecule has 15 heavy (non-hydrogen) atoms. The fourth-order valence-corrected chi connectivity index (χ4v) is 1.51. The number of rotatable bonds is 2. The van der Waals surface area contributed by atoms with Gasteiger partial charge in [0.05, 0.1) is 6.04 Å². The molecule has 78 valence electrons. The number of hydrogen-bond acceptors (Lipinski definition) is 2. The number of halogens is 2. The van der Waals surface area contributed by atoms with Crippen molar-refractivity contribution in [2.45, 2.75) is 6.04 Å². The zero-order valence-corrected chi connectivity index (χ0v) is 8.50. The molecule has 2 rings (SSSR count). The van der Waals surface area contributed by atoms with Gasteiger partial charge < -0.3 is 10.7 Å². The summed E-state index contributed by atoms with van der Waals surface area (Å²) in [6.07, 6.45) is 3.21. The van der Waals surface area contributed by atoms with Crippen LogP contribution in [0.1, 0.15) is 17.4 Å². The summed E-state index contributed by atoms with van der Waals surface area (Å²) in [5, 5.41) is 0.350. The Morgan fingerprint density at radius 2 is 2.27 bits per heavy atom. The molecule has 2 aromatic rings. The van der Waals surface area contributed by atoms with Gasteiger partial charge in [-0.25, -0.2) is 9.37 Å². The number of aromatic amines is 1. The molecule has 0 aliphatic heterocycles. The monoisotopic (exact) mass is 225 g/mol. The van der Waals surface area contributed by atoms with E-state index in [4.69, 9.17) is 17.3 Å². The van der Waals surface area contributed by atoms with Crippen molar-refractivity contribution in [3.63, 3.8) is 0 Å². The van der Waals surface area contributed by atoms with E-state index in [1.54, 1.807) is 24.5 Å². The Morgan fingerprint density at radius 1 is 1.47 bits per heavy atom. The SMILES string of the molecule is NC(c1ncc[nH]1)c1ccc(Cl)cc1F.